The van der Waals surface area contributed by atoms with Crippen LogP contribution >= 0.6 is 15.9 Å². The molecule has 1 saturated heterocycles. The van der Waals surface area contributed by atoms with Crippen molar-refractivity contribution in [1.82, 2.24) is 19.8 Å². The molecule has 1 aliphatic heterocycles. The molecule has 0 saturated carbocycles. The van der Waals surface area contributed by atoms with Crippen LogP contribution in [-0.2, 0) is 4.74 Å². The number of rotatable bonds is 2. The predicted octanol–water partition coefficient (Wildman–Crippen LogP) is 2.91. The predicted molar refractivity (Wildman–Crippen MR) is 106 cm³/mol. The van der Waals surface area contributed by atoms with Crippen molar-refractivity contribution in [2.24, 2.45) is 4.99 Å². The van der Waals surface area contributed by atoms with Crippen molar-refractivity contribution in [3.63, 3.8) is 0 Å². The lowest BCUT2D eigenvalue weighted by Crippen LogP contribution is -2.50. The molecule has 8 nitrogen and oxygen atoms in total. The first-order valence-electron chi connectivity index (χ1n) is 8.55. The van der Waals surface area contributed by atoms with E-state index in [0.717, 1.165) is 11.7 Å². The number of piperazine rings is 1. The van der Waals surface area contributed by atoms with Crippen LogP contribution in [0.2, 0.25) is 0 Å². The quantitative estimate of drug-likeness (QED) is 0.534. The van der Waals surface area contributed by atoms with Gasteiger partial charge in [0, 0.05) is 40.3 Å². The molecule has 2 rings (SSSR count). The topological polar surface area (TPSA) is 74.2 Å². The zero-order valence-corrected chi connectivity index (χ0v) is 17.9. The summed E-state index contributed by atoms with van der Waals surface area (Å²) in [5.41, 5.74) is -0.489. The van der Waals surface area contributed by atoms with Crippen LogP contribution in [0.25, 0.3) is 0 Å². The van der Waals surface area contributed by atoms with Gasteiger partial charge in [0.25, 0.3) is 0 Å². The van der Waals surface area contributed by atoms with Gasteiger partial charge in [0.2, 0.25) is 0 Å². The van der Waals surface area contributed by atoms with Gasteiger partial charge in [0.1, 0.15) is 16.0 Å². The number of ether oxygens (including phenoxy) is 1. The van der Waals surface area contributed by atoms with Crippen molar-refractivity contribution >= 4 is 39.5 Å². The number of amidine groups is 1. The van der Waals surface area contributed by atoms with E-state index in [-0.39, 0.29) is 6.09 Å². The smallest absolute Gasteiger partial charge is 0.410 e. The van der Waals surface area contributed by atoms with E-state index >= 15 is 0 Å². The van der Waals surface area contributed by atoms with Gasteiger partial charge in [0.15, 0.2) is 11.6 Å². The molecular weight excluding hydrogens is 400 g/mol. The third-order valence-electron chi connectivity index (χ3n) is 3.85. The Kier molecular flexibility index (Phi) is 6.44. The van der Waals surface area contributed by atoms with E-state index < -0.39 is 5.60 Å². The third-order valence-corrected chi connectivity index (χ3v) is 4.23. The molecule has 9 heteroatoms. The van der Waals surface area contributed by atoms with Crippen LogP contribution in [0.5, 0.6) is 0 Å². The molecule has 0 bridgehead atoms. The minimum absolute atomic E-state index is 0.277. The van der Waals surface area contributed by atoms with Gasteiger partial charge >= 0.3 is 6.09 Å². The number of nitrogens with zero attached hydrogens (tertiary/aromatic N) is 6. The number of hydrogen-bond donors (Lipinski definition) is 0. The van der Waals surface area contributed by atoms with Crippen molar-refractivity contribution in [3.8, 4) is 0 Å². The van der Waals surface area contributed by atoms with Crippen molar-refractivity contribution in [2.75, 3.05) is 45.2 Å². The van der Waals surface area contributed by atoms with Crippen molar-refractivity contribution in [2.45, 2.75) is 33.3 Å². The highest BCUT2D eigenvalue weighted by Gasteiger charge is 2.27. The SMILES string of the molecule is CC(=Nc1nc(Br)cnc1N1CCN(C(=O)OC(C)(C)C)CC1)N(C)C. The summed E-state index contributed by atoms with van der Waals surface area (Å²) in [6, 6.07) is 0. The fourth-order valence-electron chi connectivity index (χ4n) is 2.33. The summed E-state index contributed by atoms with van der Waals surface area (Å²) >= 11 is 3.36. The number of hydrogen-bond acceptors (Lipinski definition) is 6. The second-order valence-corrected chi connectivity index (χ2v) is 8.16. The first-order chi connectivity index (χ1) is 12.1. The Bertz CT molecular complexity index is 678. The lowest BCUT2D eigenvalue weighted by Gasteiger charge is -2.36. The highest BCUT2D eigenvalue weighted by Crippen LogP contribution is 2.27. The number of halogens is 1. The van der Waals surface area contributed by atoms with Gasteiger partial charge in [-0.1, -0.05) is 0 Å². The lowest BCUT2D eigenvalue weighted by molar-refractivity contribution is 0.0240. The standard InChI is InChI=1S/C17H27BrN6O2/c1-12(22(5)6)20-14-15(19-11-13(18)21-14)23-7-9-24(10-8-23)16(25)26-17(2,3)4/h11H,7-10H2,1-6H3. The molecule has 0 N–H and O–H groups in total. The molecule has 26 heavy (non-hydrogen) atoms. The normalized spacial score (nSPS) is 15.9. The second-order valence-electron chi connectivity index (χ2n) is 7.35. The van der Waals surface area contributed by atoms with Gasteiger partial charge in [0.05, 0.1) is 6.20 Å². The first kappa shape index (κ1) is 20.4. The highest BCUT2D eigenvalue weighted by atomic mass is 79.9. The van der Waals surface area contributed by atoms with Gasteiger partial charge < -0.3 is 19.4 Å². The maximum Gasteiger partial charge on any atom is 0.410 e. The van der Waals surface area contributed by atoms with E-state index in [4.69, 9.17) is 4.74 Å². The van der Waals surface area contributed by atoms with E-state index in [9.17, 15) is 4.79 Å². The molecule has 0 unspecified atom stereocenters. The average molecular weight is 427 g/mol. The number of anilines is 1. The number of aromatic nitrogens is 2. The van der Waals surface area contributed by atoms with E-state index in [1.807, 2.05) is 46.7 Å². The molecule has 0 spiro atoms. The fourth-order valence-corrected chi connectivity index (χ4v) is 2.60. The minimum Gasteiger partial charge on any atom is -0.444 e. The number of amides is 1. The van der Waals surface area contributed by atoms with Crippen LogP contribution in [0, 0.1) is 0 Å². The lowest BCUT2D eigenvalue weighted by atomic mass is 10.2. The molecule has 1 aromatic heterocycles. The van der Waals surface area contributed by atoms with Gasteiger partial charge in [-0.2, -0.15) is 0 Å². The van der Waals surface area contributed by atoms with E-state index in [2.05, 4.69) is 35.8 Å². The summed E-state index contributed by atoms with van der Waals surface area (Å²) < 4.78 is 6.08. The minimum atomic E-state index is -0.489. The number of carbonyl (C=O) groups excluding carboxylic acids is 1. The van der Waals surface area contributed by atoms with Crippen LogP contribution in [0.3, 0.4) is 0 Å². The van der Waals surface area contributed by atoms with Crippen molar-refractivity contribution < 1.29 is 9.53 Å². The first-order valence-corrected chi connectivity index (χ1v) is 9.34. The zero-order valence-electron chi connectivity index (χ0n) is 16.3. The Labute approximate surface area is 163 Å². The van der Waals surface area contributed by atoms with E-state index in [1.54, 1.807) is 11.1 Å². The molecule has 1 aliphatic rings. The summed E-state index contributed by atoms with van der Waals surface area (Å²) in [5.74, 6) is 2.13. The molecular formula is C17H27BrN6O2. The van der Waals surface area contributed by atoms with E-state index in [0.29, 0.717) is 36.6 Å². The Morgan fingerprint density at radius 3 is 2.42 bits per heavy atom. The molecule has 0 radical (unpaired) electrons. The summed E-state index contributed by atoms with van der Waals surface area (Å²) in [6.07, 6.45) is 1.39. The van der Waals surface area contributed by atoms with Crippen LogP contribution < -0.4 is 4.90 Å². The van der Waals surface area contributed by atoms with Crippen LogP contribution in [0.4, 0.5) is 16.4 Å². The van der Waals surface area contributed by atoms with Crippen LogP contribution in [0.15, 0.2) is 15.8 Å². The molecule has 1 amide bonds. The van der Waals surface area contributed by atoms with Crippen LogP contribution in [0.1, 0.15) is 27.7 Å². The molecule has 0 aliphatic carbocycles. The summed E-state index contributed by atoms with van der Waals surface area (Å²) in [5, 5.41) is 0. The monoisotopic (exact) mass is 426 g/mol. The maximum atomic E-state index is 12.2. The summed E-state index contributed by atoms with van der Waals surface area (Å²) in [4.78, 5) is 31.5. The molecule has 1 aromatic rings. The van der Waals surface area contributed by atoms with Gasteiger partial charge in [-0.15, -0.1) is 0 Å². The fraction of sp³-hybridized carbons (Fsp3) is 0.647. The van der Waals surface area contributed by atoms with Gasteiger partial charge in [-0.25, -0.2) is 19.8 Å². The number of aliphatic imine (C=N–C) groups is 1. The summed E-state index contributed by atoms with van der Waals surface area (Å²) in [6.45, 7) is 9.98. The van der Waals surface area contributed by atoms with Gasteiger partial charge in [-0.3, -0.25) is 0 Å². The Hall–Kier alpha value is -1.90. The Morgan fingerprint density at radius 2 is 1.88 bits per heavy atom. The molecule has 1 fully saturated rings. The third kappa shape index (κ3) is 5.55. The maximum absolute atomic E-state index is 12.2. The molecule has 0 aromatic carbocycles. The second kappa shape index (κ2) is 8.20. The molecule has 144 valence electrons. The van der Waals surface area contributed by atoms with Crippen molar-refractivity contribution in [3.05, 3.63) is 10.8 Å². The molecule has 2 heterocycles. The Morgan fingerprint density at radius 1 is 1.27 bits per heavy atom. The van der Waals surface area contributed by atoms with Gasteiger partial charge in [-0.05, 0) is 43.6 Å². The molecule has 0 atom stereocenters. The highest BCUT2D eigenvalue weighted by molar-refractivity contribution is 9.10. The summed E-state index contributed by atoms with van der Waals surface area (Å²) in [7, 11) is 3.87. The van der Waals surface area contributed by atoms with Crippen LogP contribution in [-0.4, -0.2) is 77.6 Å². The van der Waals surface area contributed by atoms with Crippen molar-refractivity contribution in [1.29, 1.82) is 0 Å². The zero-order chi connectivity index (χ0) is 19.5. The largest absolute Gasteiger partial charge is 0.444 e. The Balaban J connectivity index is 2.12. The average Bonchev–Trinajstić information content (AvgIpc) is 2.53. The number of carbonyl (C=O) groups is 1. The van der Waals surface area contributed by atoms with E-state index in [1.165, 1.54) is 0 Å².